The quantitative estimate of drug-likeness (QED) is 0.292. The molecule has 1 aliphatic carbocycles. The summed E-state index contributed by atoms with van der Waals surface area (Å²) < 4.78 is 31.7. The fourth-order valence-corrected chi connectivity index (χ4v) is 4.36. The van der Waals surface area contributed by atoms with Crippen molar-refractivity contribution in [3.8, 4) is 22.4 Å². The molecule has 4 N–H and O–H groups in total. The first-order valence-electron chi connectivity index (χ1n) is 12.1. The van der Waals surface area contributed by atoms with Crippen molar-refractivity contribution in [1.82, 2.24) is 9.97 Å². The van der Waals surface area contributed by atoms with E-state index in [0.717, 1.165) is 51.9 Å². The van der Waals surface area contributed by atoms with Crippen molar-refractivity contribution in [2.24, 2.45) is 5.73 Å². The van der Waals surface area contributed by atoms with Gasteiger partial charge in [0.25, 0.3) is 5.56 Å². The zero-order valence-corrected chi connectivity index (χ0v) is 20.4. The Morgan fingerprint density at radius 3 is 2.26 bits per heavy atom. The summed E-state index contributed by atoms with van der Waals surface area (Å²) in [5, 5.41) is 7.75. The molecule has 0 saturated heterocycles. The van der Waals surface area contributed by atoms with Gasteiger partial charge in [0.2, 0.25) is 0 Å². The predicted octanol–water partition coefficient (Wildman–Crippen LogP) is 6.31. The lowest BCUT2D eigenvalue weighted by Crippen LogP contribution is -2.21. The van der Waals surface area contributed by atoms with Gasteiger partial charge in [-0.1, -0.05) is 60.7 Å². The molecule has 0 aliphatic heterocycles. The molecule has 0 fully saturated rings. The van der Waals surface area contributed by atoms with Crippen molar-refractivity contribution < 1.29 is 23.1 Å². The van der Waals surface area contributed by atoms with E-state index in [-0.39, 0.29) is 5.56 Å². The van der Waals surface area contributed by atoms with Gasteiger partial charge < -0.3 is 15.8 Å². The molecule has 0 saturated carbocycles. The third kappa shape index (κ3) is 6.00. The van der Waals surface area contributed by atoms with Crippen LogP contribution in [0.1, 0.15) is 36.8 Å². The van der Waals surface area contributed by atoms with Gasteiger partial charge in [-0.15, -0.1) is 0 Å². The molecule has 0 spiro atoms. The SMILES string of the molecule is NCc1ccc(-c2nc3c(C4=CCCCC4)c[nH]c(=O)c3cc2-c2ccccc2)cc1.O=C(O)C(F)(F)F. The van der Waals surface area contributed by atoms with Crippen LogP contribution in [0, 0.1) is 0 Å². The number of allylic oxidation sites excluding steroid dienone is 2. The summed E-state index contributed by atoms with van der Waals surface area (Å²) in [7, 11) is 0. The summed E-state index contributed by atoms with van der Waals surface area (Å²) in [5.74, 6) is -2.76. The Bertz CT molecular complexity index is 1530. The highest BCUT2D eigenvalue weighted by atomic mass is 19.4. The maximum absolute atomic E-state index is 12.8. The number of carboxylic acid groups (broad SMARTS) is 1. The maximum Gasteiger partial charge on any atom is 0.490 e. The molecule has 2 aromatic carbocycles. The van der Waals surface area contributed by atoms with Gasteiger partial charge in [-0.3, -0.25) is 4.79 Å². The Morgan fingerprint density at radius 1 is 1.00 bits per heavy atom. The number of nitrogens with one attached hydrogen (secondary N) is 1. The monoisotopic (exact) mass is 521 g/mol. The number of rotatable bonds is 4. The van der Waals surface area contributed by atoms with Gasteiger partial charge in [0.1, 0.15) is 0 Å². The van der Waals surface area contributed by atoms with Crippen LogP contribution in [-0.2, 0) is 11.3 Å². The van der Waals surface area contributed by atoms with E-state index in [9.17, 15) is 18.0 Å². The third-order valence-corrected chi connectivity index (χ3v) is 6.30. The van der Waals surface area contributed by atoms with E-state index in [2.05, 4.69) is 35.3 Å². The Labute approximate surface area is 216 Å². The highest BCUT2D eigenvalue weighted by molar-refractivity contribution is 5.96. The molecular formula is C29H26F3N3O3. The number of nitrogens with zero attached hydrogens (tertiary/aromatic N) is 1. The fraction of sp³-hybridized carbons (Fsp3) is 0.207. The van der Waals surface area contributed by atoms with Crippen LogP contribution in [0.25, 0.3) is 38.9 Å². The summed E-state index contributed by atoms with van der Waals surface area (Å²) >= 11 is 0. The van der Waals surface area contributed by atoms with E-state index in [1.165, 1.54) is 18.4 Å². The molecular weight excluding hydrogens is 495 g/mol. The number of benzene rings is 2. The second kappa shape index (κ2) is 11.4. The second-order valence-electron chi connectivity index (χ2n) is 8.86. The van der Waals surface area contributed by atoms with Crippen molar-refractivity contribution in [2.45, 2.75) is 38.4 Å². The number of aromatic amines is 1. The first kappa shape index (κ1) is 26.8. The number of hydrogen-bond acceptors (Lipinski definition) is 4. The number of fused-ring (bicyclic) bond motifs is 1. The molecule has 2 heterocycles. The van der Waals surface area contributed by atoms with Crippen molar-refractivity contribution >= 4 is 22.4 Å². The Balaban J connectivity index is 0.000000426. The van der Waals surface area contributed by atoms with Gasteiger partial charge in [0.05, 0.1) is 16.6 Å². The van der Waals surface area contributed by atoms with Gasteiger partial charge >= 0.3 is 12.1 Å². The normalized spacial score (nSPS) is 13.4. The smallest absolute Gasteiger partial charge is 0.475 e. The minimum atomic E-state index is -5.08. The van der Waals surface area contributed by atoms with Crippen molar-refractivity contribution in [1.29, 1.82) is 0 Å². The minimum absolute atomic E-state index is 0.107. The van der Waals surface area contributed by atoms with Gasteiger partial charge in [0, 0.05) is 29.4 Å². The molecule has 2 aromatic heterocycles. The van der Waals surface area contributed by atoms with Crippen LogP contribution in [0.4, 0.5) is 13.2 Å². The first-order chi connectivity index (χ1) is 18.2. The average molecular weight is 522 g/mol. The van der Waals surface area contributed by atoms with Gasteiger partial charge in [-0.05, 0) is 48.4 Å². The summed E-state index contributed by atoms with van der Waals surface area (Å²) in [4.78, 5) is 29.8. The van der Waals surface area contributed by atoms with Crippen LogP contribution in [0.15, 0.2) is 77.7 Å². The zero-order valence-electron chi connectivity index (χ0n) is 20.4. The molecule has 0 radical (unpaired) electrons. The van der Waals surface area contributed by atoms with Gasteiger partial charge in [-0.25, -0.2) is 9.78 Å². The van der Waals surface area contributed by atoms with Crippen molar-refractivity contribution in [3.63, 3.8) is 0 Å². The molecule has 6 nitrogen and oxygen atoms in total. The number of pyridine rings is 2. The van der Waals surface area contributed by atoms with Gasteiger partial charge in [-0.2, -0.15) is 13.2 Å². The largest absolute Gasteiger partial charge is 0.490 e. The second-order valence-corrected chi connectivity index (χ2v) is 8.86. The molecule has 9 heteroatoms. The summed E-state index contributed by atoms with van der Waals surface area (Å²) in [6.45, 7) is 0.505. The first-order valence-corrected chi connectivity index (χ1v) is 12.1. The van der Waals surface area contributed by atoms with E-state index >= 15 is 0 Å². The number of alkyl halides is 3. The van der Waals surface area contributed by atoms with Gasteiger partial charge in [0.15, 0.2) is 0 Å². The summed E-state index contributed by atoms with van der Waals surface area (Å²) in [6.07, 6.45) is 3.52. The topological polar surface area (TPSA) is 109 Å². The van der Waals surface area contributed by atoms with E-state index in [0.29, 0.717) is 11.9 Å². The highest BCUT2D eigenvalue weighted by Crippen LogP contribution is 2.36. The Morgan fingerprint density at radius 2 is 1.68 bits per heavy atom. The van der Waals surface area contributed by atoms with Crippen LogP contribution in [0.2, 0.25) is 0 Å². The third-order valence-electron chi connectivity index (χ3n) is 6.30. The van der Waals surface area contributed by atoms with E-state index in [1.807, 2.05) is 42.6 Å². The number of H-pyrrole nitrogens is 1. The summed E-state index contributed by atoms with van der Waals surface area (Å²) in [6, 6.07) is 20.3. The molecule has 0 atom stereocenters. The lowest BCUT2D eigenvalue weighted by Gasteiger charge is -2.17. The molecule has 196 valence electrons. The molecule has 1 aliphatic rings. The fourth-order valence-electron chi connectivity index (χ4n) is 4.36. The number of halogens is 3. The Kier molecular flexibility index (Phi) is 8.07. The number of carbonyl (C=O) groups is 1. The zero-order chi connectivity index (χ0) is 27.3. The van der Waals surface area contributed by atoms with Crippen LogP contribution in [0.3, 0.4) is 0 Å². The molecule has 0 amide bonds. The van der Waals surface area contributed by atoms with Crippen molar-refractivity contribution in [2.75, 3.05) is 0 Å². The highest BCUT2D eigenvalue weighted by Gasteiger charge is 2.38. The number of aromatic nitrogens is 2. The lowest BCUT2D eigenvalue weighted by molar-refractivity contribution is -0.192. The number of hydrogen-bond donors (Lipinski definition) is 3. The number of aliphatic carboxylic acids is 1. The van der Waals surface area contributed by atoms with Crippen LogP contribution < -0.4 is 11.3 Å². The maximum atomic E-state index is 12.8. The standard InChI is InChI=1S/C27H25N3O.C2HF3O2/c28-16-18-11-13-21(14-12-18)25-22(19-7-3-1-4-8-19)15-23-26(30-25)24(17-29-27(23)31)20-9-5-2-6-10-20;3-2(4,5)1(6)7/h1,3-4,7-9,11-15,17H,2,5-6,10,16,28H2,(H,29,31);(H,6,7). The Hall–Kier alpha value is -4.24. The van der Waals surface area contributed by atoms with Crippen molar-refractivity contribution in [3.05, 3.63) is 94.4 Å². The summed E-state index contributed by atoms with van der Waals surface area (Å²) in [5.41, 5.74) is 13.7. The molecule has 5 rings (SSSR count). The van der Waals surface area contributed by atoms with E-state index < -0.39 is 12.1 Å². The average Bonchev–Trinajstić information content (AvgIpc) is 2.93. The molecule has 38 heavy (non-hydrogen) atoms. The van der Waals surface area contributed by atoms with Crippen LogP contribution in [-0.4, -0.2) is 27.2 Å². The molecule has 0 bridgehead atoms. The minimum Gasteiger partial charge on any atom is -0.475 e. The predicted molar refractivity (Wildman–Crippen MR) is 141 cm³/mol. The lowest BCUT2D eigenvalue weighted by atomic mass is 9.92. The van der Waals surface area contributed by atoms with Crippen LogP contribution in [0.5, 0.6) is 0 Å². The molecule has 4 aromatic rings. The van der Waals surface area contributed by atoms with E-state index in [4.69, 9.17) is 20.6 Å². The van der Waals surface area contributed by atoms with E-state index in [1.54, 1.807) is 0 Å². The number of carboxylic acids is 1. The number of nitrogens with two attached hydrogens (primary N) is 1. The molecule has 0 unspecified atom stereocenters. The van der Waals surface area contributed by atoms with Crippen LogP contribution >= 0.6 is 0 Å².